The van der Waals surface area contributed by atoms with Crippen LogP contribution in [-0.2, 0) is 11.2 Å². The van der Waals surface area contributed by atoms with Gasteiger partial charge in [-0.25, -0.2) is 0 Å². The van der Waals surface area contributed by atoms with Gasteiger partial charge in [-0.3, -0.25) is 4.79 Å². The first kappa shape index (κ1) is 11.3. The van der Waals surface area contributed by atoms with Crippen LogP contribution in [0.3, 0.4) is 0 Å². The van der Waals surface area contributed by atoms with Crippen molar-refractivity contribution in [2.24, 2.45) is 5.41 Å². The van der Waals surface area contributed by atoms with Crippen molar-refractivity contribution in [1.29, 1.82) is 0 Å². The first-order chi connectivity index (χ1) is 7.60. The number of carbonyl (C=O) groups is 1. The van der Waals surface area contributed by atoms with Crippen LogP contribution in [0, 0.1) is 5.41 Å². The number of ketones is 1. The van der Waals surface area contributed by atoms with E-state index in [1.165, 1.54) is 5.56 Å². The van der Waals surface area contributed by atoms with Gasteiger partial charge < -0.3 is 5.32 Å². The zero-order valence-electron chi connectivity index (χ0n) is 9.99. The van der Waals surface area contributed by atoms with Crippen molar-refractivity contribution < 1.29 is 4.79 Å². The fourth-order valence-corrected chi connectivity index (χ4v) is 2.31. The van der Waals surface area contributed by atoms with E-state index in [9.17, 15) is 4.79 Å². The molecule has 0 bridgehead atoms. The summed E-state index contributed by atoms with van der Waals surface area (Å²) in [6.07, 6.45) is 1.60. The molecule has 0 radical (unpaired) electrons. The van der Waals surface area contributed by atoms with Gasteiger partial charge in [0.25, 0.3) is 0 Å². The molecule has 1 N–H and O–H groups in total. The molecule has 1 heterocycles. The number of benzene rings is 1. The van der Waals surface area contributed by atoms with Crippen molar-refractivity contribution in [3.8, 4) is 0 Å². The van der Waals surface area contributed by atoms with Crippen molar-refractivity contribution in [2.45, 2.75) is 32.7 Å². The molecule has 0 unspecified atom stereocenters. The number of nitrogens with one attached hydrogen (secondary N) is 1. The molecule has 16 heavy (non-hydrogen) atoms. The fourth-order valence-electron chi connectivity index (χ4n) is 2.31. The van der Waals surface area contributed by atoms with E-state index in [4.69, 9.17) is 0 Å². The van der Waals surface area contributed by atoms with Crippen LogP contribution in [0.1, 0.15) is 25.8 Å². The van der Waals surface area contributed by atoms with Crippen molar-refractivity contribution in [3.63, 3.8) is 0 Å². The number of Topliss-reactive ketones (excluding diaryl/α,β-unsaturated/α-hetero) is 1. The summed E-state index contributed by atoms with van der Waals surface area (Å²) < 4.78 is 0. The van der Waals surface area contributed by atoms with Crippen LogP contribution < -0.4 is 5.32 Å². The summed E-state index contributed by atoms with van der Waals surface area (Å²) >= 11 is 0. The standard InChI is InChI=1S/C14H19NO/c1-14(2)12(15-9-8-13(14)16)10-11-6-4-3-5-7-11/h3-7,12,15H,8-10H2,1-2H3/t12-/m0/s1. The molecule has 0 amide bonds. The molecular formula is C14H19NO. The third kappa shape index (κ3) is 2.17. The zero-order chi connectivity index (χ0) is 11.6. The molecule has 0 aromatic heterocycles. The molecule has 2 rings (SSSR count). The Labute approximate surface area is 97.1 Å². The molecule has 1 saturated heterocycles. The summed E-state index contributed by atoms with van der Waals surface area (Å²) in [5.41, 5.74) is 1.05. The summed E-state index contributed by atoms with van der Waals surface area (Å²) in [6, 6.07) is 10.6. The van der Waals surface area contributed by atoms with Crippen LogP contribution in [0.15, 0.2) is 30.3 Å². The lowest BCUT2D eigenvalue weighted by molar-refractivity contribution is -0.130. The predicted octanol–water partition coefficient (Wildman–Crippen LogP) is 2.19. The highest BCUT2D eigenvalue weighted by Crippen LogP contribution is 2.29. The molecule has 0 spiro atoms. The van der Waals surface area contributed by atoms with Gasteiger partial charge in [-0.1, -0.05) is 44.2 Å². The fraction of sp³-hybridized carbons (Fsp3) is 0.500. The van der Waals surface area contributed by atoms with E-state index in [-0.39, 0.29) is 11.5 Å². The van der Waals surface area contributed by atoms with Gasteiger partial charge in [-0.2, -0.15) is 0 Å². The Morgan fingerprint density at radius 3 is 2.69 bits per heavy atom. The normalized spacial score (nSPS) is 24.4. The molecular weight excluding hydrogens is 198 g/mol. The largest absolute Gasteiger partial charge is 0.312 e. The summed E-state index contributed by atoms with van der Waals surface area (Å²) in [4.78, 5) is 11.9. The molecule has 0 saturated carbocycles. The topological polar surface area (TPSA) is 29.1 Å². The molecule has 1 aliphatic heterocycles. The van der Waals surface area contributed by atoms with Crippen LogP contribution in [0.2, 0.25) is 0 Å². The van der Waals surface area contributed by atoms with Gasteiger partial charge >= 0.3 is 0 Å². The van der Waals surface area contributed by atoms with Gasteiger partial charge in [0.2, 0.25) is 0 Å². The molecule has 1 atom stereocenters. The van der Waals surface area contributed by atoms with E-state index in [1.54, 1.807) is 0 Å². The SMILES string of the molecule is CC1(C)C(=O)CCN[C@H]1Cc1ccccc1. The van der Waals surface area contributed by atoms with E-state index in [0.29, 0.717) is 12.2 Å². The first-order valence-electron chi connectivity index (χ1n) is 5.91. The summed E-state index contributed by atoms with van der Waals surface area (Å²) in [6.45, 7) is 4.92. The second kappa shape index (κ2) is 4.38. The van der Waals surface area contributed by atoms with Gasteiger partial charge in [0, 0.05) is 24.4 Å². The van der Waals surface area contributed by atoms with Gasteiger partial charge in [-0.05, 0) is 12.0 Å². The highest BCUT2D eigenvalue weighted by atomic mass is 16.1. The van der Waals surface area contributed by atoms with Gasteiger partial charge in [0.15, 0.2) is 0 Å². The maximum Gasteiger partial charge on any atom is 0.141 e. The van der Waals surface area contributed by atoms with E-state index >= 15 is 0 Å². The van der Waals surface area contributed by atoms with Gasteiger partial charge in [0.05, 0.1) is 0 Å². The van der Waals surface area contributed by atoms with E-state index < -0.39 is 0 Å². The minimum absolute atomic E-state index is 0.242. The van der Waals surface area contributed by atoms with Gasteiger partial charge in [0.1, 0.15) is 5.78 Å². The average Bonchev–Trinajstić information content (AvgIpc) is 2.27. The Kier molecular flexibility index (Phi) is 3.10. The van der Waals surface area contributed by atoms with E-state index in [1.807, 2.05) is 18.2 Å². The maximum absolute atomic E-state index is 11.9. The Hall–Kier alpha value is -1.15. The number of hydrogen-bond acceptors (Lipinski definition) is 2. The summed E-state index contributed by atoms with van der Waals surface area (Å²) in [5, 5.41) is 3.47. The lowest BCUT2D eigenvalue weighted by atomic mass is 9.74. The molecule has 2 nitrogen and oxygen atoms in total. The van der Waals surface area contributed by atoms with Crippen molar-refractivity contribution in [2.75, 3.05) is 6.54 Å². The highest BCUT2D eigenvalue weighted by Gasteiger charge is 2.38. The van der Waals surface area contributed by atoms with Crippen molar-refractivity contribution in [3.05, 3.63) is 35.9 Å². The second-order valence-corrected chi connectivity index (χ2v) is 5.09. The van der Waals surface area contributed by atoms with Crippen LogP contribution >= 0.6 is 0 Å². The minimum Gasteiger partial charge on any atom is -0.312 e. The smallest absolute Gasteiger partial charge is 0.141 e. The Morgan fingerprint density at radius 1 is 1.31 bits per heavy atom. The van der Waals surface area contributed by atoms with Crippen molar-refractivity contribution in [1.82, 2.24) is 5.32 Å². The van der Waals surface area contributed by atoms with E-state index in [2.05, 4.69) is 31.3 Å². The zero-order valence-corrected chi connectivity index (χ0v) is 9.99. The molecule has 86 valence electrons. The number of piperidine rings is 1. The minimum atomic E-state index is -0.242. The first-order valence-corrected chi connectivity index (χ1v) is 5.91. The molecule has 1 aromatic rings. The number of hydrogen-bond donors (Lipinski definition) is 1. The predicted molar refractivity (Wildman–Crippen MR) is 65.3 cm³/mol. The molecule has 2 heteroatoms. The summed E-state index contributed by atoms with van der Waals surface area (Å²) in [7, 11) is 0. The lowest BCUT2D eigenvalue weighted by Gasteiger charge is -2.38. The Bertz CT molecular complexity index is 370. The quantitative estimate of drug-likeness (QED) is 0.822. The molecule has 0 aliphatic carbocycles. The van der Waals surface area contributed by atoms with Crippen LogP contribution in [-0.4, -0.2) is 18.4 Å². The van der Waals surface area contributed by atoms with E-state index in [0.717, 1.165) is 13.0 Å². The van der Waals surface area contributed by atoms with Crippen LogP contribution in [0.5, 0.6) is 0 Å². The lowest BCUT2D eigenvalue weighted by Crippen LogP contribution is -2.53. The monoisotopic (exact) mass is 217 g/mol. The number of carbonyl (C=O) groups excluding carboxylic acids is 1. The third-order valence-electron chi connectivity index (χ3n) is 3.62. The Morgan fingerprint density at radius 2 is 2.00 bits per heavy atom. The highest BCUT2D eigenvalue weighted by molar-refractivity contribution is 5.85. The number of rotatable bonds is 2. The summed E-state index contributed by atoms with van der Waals surface area (Å²) in [5.74, 6) is 0.382. The molecule has 1 aliphatic rings. The van der Waals surface area contributed by atoms with Crippen molar-refractivity contribution >= 4 is 5.78 Å². The van der Waals surface area contributed by atoms with Crippen LogP contribution in [0.25, 0.3) is 0 Å². The molecule has 1 aromatic carbocycles. The maximum atomic E-state index is 11.9. The average molecular weight is 217 g/mol. The van der Waals surface area contributed by atoms with Gasteiger partial charge in [-0.15, -0.1) is 0 Å². The van der Waals surface area contributed by atoms with Crippen LogP contribution in [0.4, 0.5) is 0 Å². The Balaban J connectivity index is 2.12. The second-order valence-electron chi connectivity index (χ2n) is 5.09. The molecule has 1 fully saturated rings. The third-order valence-corrected chi connectivity index (χ3v) is 3.62.